The number of carboxylic acids is 2. The summed E-state index contributed by atoms with van der Waals surface area (Å²) in [4.78, 5) is 41.2. The molecule has 2 heterocycles. The van der Waals surface area contributed by atoms with Crippen molar-refractivity contribution in [3.8, 4) is 11.4 Å². The van der Waals surface area contributed by atoms with Crippen molar-refractivity contribution in [2.45, 2.75) is 12.7 Å². The number of aromatic nitrogens is 3. The van der Waals surface area contributed by atoms with Crippen LogP contribution in [0.3, 0.4) is 0 Å². The van der Waals surface area contributed by atoms with Gasteiger partial charge in [0.1, 0.15) is 11.3 Å². The molecule has 0 aliphatic carbocycles. The van der Waals surface area contributed by atoms with Crippen LogP contribution in [0.25, 0.3) is 33.3 Å². The average molecular weight is 558 g/mol. The van der Waals surface area contributed by atoms with Gasteiger partial charge in [0.25, 0.3) is 0 Å². The van der Waals surface area contributed by atoms with Gasteiger partial charge in [-0.25, -0.2) is 19.6 Å². The monoisotopic (exact) mass is 557 g/mol. The summed E-state index contributed by atoms with van der Waals surface area (Å²) in [6.45, 7) is 0.725. The molecule has 40 heavy (non-hydrogen) atoms. The summed E-state index contributed by atoms with van der Waals surface area (Å²) in [5.41, 5.74) is 0.0577. The number of fused-ring (bicyclic) bond motifs is 3. The molecule has 0 spiro atoms. The van der Waals surface area contributed by atoms with E-state index in [1.807, 2.05) is 6.07 Å². The maximum absolute atomic E-state index is 13.9. The van der Waals surface area contributed by atoms with E-state index in [0.29, 0.717) is 34.4 Å². The Labute approximate surface area is 226 Å². The smallest absolute Gasteiger partial charge is 0.435 e. The fraction of sp³-hybridized carbons (Fsp3) is 0.222. The molecule has 4 rings (SSSR count). The number of carbonyl (C=O) groups excluding carboxylic acids is 1. The Morgan fingerprint density at radius 3 is 2.12 bits per heavy atom. The summed E-state index contributed by atoms with van der Waals surface area (Å²) in [5, 5.41) is 19.0. The van der Waals surface area contributed by atoms with Crippen molar-refractivity contribution in [3.05, 3.63) is 72.4 Å². The van der Waals surface area contributed by atoms with E-state index < -0.39 is 23.8 Å². The Balaban J connectivity index is 0.000000482. The minimum atomic E-state index is -4.66. The number of rotatable bonds is 8. The summed E-state index contributed by atoms with van der Waals surface area (Å²) in [6.07, 6.45) is -3.54. The van der Waals surface area contributed by atoms with E-state index in [-0.39, 0.29) is 36.6 Å². The van der Waals surface area contributed by atoms with Crippen LogP contribution in [0.1, 0.15) is 5.69 Å². The number of likely N-dealkylation sites (N-methyl/N-ethyl adjacent to an activating group) is 1. The molecule has 3 N–H and O–H groups in total. The quantitative estimate of drug-likeness (QED) is 0.279. The molecule has 0 bridgehead atoms. The third-order valence-electron chi connectivity index (χ3n) is 5.37. The normalized spacial score (nSPS) is 11.6. The number of nitrogens with one attached hydrogen (secondary N) is 1. The van der Waals surface area contributed by atoms with Crippen molar-refractivity contribution in [2.75, 3.05) is 27.2 Å². The maximum Gasteiger partial charge on any atom is 0.435 e. The van der Waals surface area contributed by atoms with Gasteiger partial charge in [0.15, 0.2) is 5.69 Å². The first-order valence-corrected chi connectivity index (χ1v) is 11.9. The van der Waals surface area contributed by atoms with Gasteiger partial charge in [-0.05, 0) is 20.2 Å². The molecule has 0 radical (unpaired) electrons. The van der Waals surface area contributed by atoms with Gasteiger partial charge in [-0.3, -0.25) is 4.79 Å². The van der Waals surface area contributed by atoms with Crippen LogP contribution in [0.4, 0.5) is 13.2 Å². The van der Waals surface area contributed by atoms with E-state index in [2.05, 4.69) is 15.3 Å². The molecule has 0 saturated carbocycles. The van der Waals surface area contributed by atoms with Crippen LogP contribution in [-0.4, -0.2) is 74.7 Å². The van der Waals surface area contributed by atoms with Gasteiger partial charge in [0, 0.05) is 36.2 Å². The third kappa shape index (κ3) is 7.63. The van der Waals surface area contributed by atoms with Crippen LogP contribution in [0.15, 0.2) is 66.7 Å². The second-order valence-corrected chi connectivity index (χ2v) is 8.72. The summed E-state index contributed by atoms with van der Waals surface area (Å²) in [5.74, 6) is -2.28. The number of alkyl halides is 3. The van der Waals surface area contributed by atoms with Gasteiger partial charge >= 0.3 is 18.1 Å². The molecule has 1 amide bonds. The first-order chi connectivity index (χ1) is 18.9. The minimum absolute atomic E-state index is 0.164. The second kappa shape index (κ2) is 12.8. The SMILES string of the molecule is CN(C)CC(=O)NCCn1c(-c2ccccc2)nc2c(C(F)(F)F)nc3ccccc3c21.O=C(O)C=CC(=O)O. The molecule has 10 nitrogen and oxygen atoms in total. The number of carbonyl (C=O) groups is 3. The van der Waals surface area contributed by atoms with Crippen LogP contribution in [0.5, 0.6) is 0 Å². The molecular formula is C27H26F3N5O5. The highest BCUT2D eigenvalue weighted by atomic mass is 19.4. The maximum atomic E-state index is 13.9. The largest absolute Gasteiger partial charge is 0.478 e. The second-order valence-electron chi connectivity index (χ2n) is 8.72. The number of hydrogen-bond acceptors (Lipinski definition) is 6. The Bertz CT molecular complexity index is 1530. The van der Waals surface area contributed by atoms with Gasteiger partial charge in [-0.15, -0.1) is 0 Å². The molecular weight excluding hydrogens is 531 g/mol. The highest BCUT2D eigenvalue weighted by Crippen LogP contribution is 2.38. The Hall–Kier alpha value is -4.78. The lowest BCUT2D eigenvalue weighted by molar-refractivity contribution is -0.139. The van der Waals surface area contributed by atoms with Gasteiger partial charge < -0.3 is 25.0 Å². The highest BCUT2D eigenvalue weighted by Gasteiger charge is 2.37. The summed E-state index contributed by atoms with van der Waals surface area (Å²) in [7, 11) is 3.57. The highest BCUT2D eigenvalue weighted by molar-refractivity contribution is 6.04. The van der Waals surface area contributed by atoms with Crippen LogP contribution < -0.4 is 5.32 Å². The van der Waals surface area contributed by atoms with E-state index in [4.69, 9.17) is 10.2 Å². The number of amides is 1. The molecule has 0 unspecified atom stereocenters. The number of carboxylic acid groups (broad SMARTS) is 2. The number of para-hydroxylation sites is 1. The molecule has 13 heteroatoms. The van der Waals surface area contributed by atoms with Crippen molar-refractivity contribution < 1.29 is 37.8 Å². The fourth-order valence-electron chi connectivity index (χ4n) is 3.85. The lowest BCUT2D eigenvalue weighted by atomic mass is 10.1. The van der Waals surface area contributed by atoms with Crippen LogP contribution in [-0.2, 0) is 27.1 Å². The van der Waals surface area contributed by atoms with Crippen molar-refractivity contribution in [2.24, 2.45) is 0 Å². The predicted molar refractivity (Wildman–Crippen MR) is 141 cm³/mol. The van der Waals surface area contributed by atoms with Crippen molar-refractivity contribution in [1.29, 1.82) is 0 Å². The number of halogens is 3. The Kier molecular flexibility index (Phi) is 9.56. The van der Waals surface area contributed by atoms with Gasteiger partial charge in [-0.2, -0.15) is 13.2 Å². The number of pyridine rings is 1. The van der Waals surface area contributed by atoms with E-state index in [1.54, 1.807) is 72.1 Å². The number of hydrogen-bond donors (Lipinski definition) is 3. The molecule has 0 atom stereocenters. The molecule has 0 fully saturated rings. The first-order valence-electron chi connectivity index (χ1n) is 11.9. The number of benzene rings is 2. The van der Waals surface area contributed by atoms with E-state index >= 15 is 0 Å². The van der Waals surface area contributed by atoms with E-state index in [9.17, 15) is 27.6 Å². The zero-order valence-corrected chi connectivity index (χ0v) is 21.5. The minimum Gasteiger partial charge on any atom is -0.478 e. The number of aliphatic carboxylic acids is 2. The molecule has 0 aliphatic heterocycles. The first kappa shape index (κ1) is 29.8. The van der Waals surface area contributed by atoms with E-state index in [1.165, 1.54) is 0 Å². The predicted octanol–water partition coefficient (Wildman–Crippen LogP) is 3.66. The molecule has 0 aliphatic rings. The zero-order chi connectivity index (χ0) is 29.4. The number of imidazole rings is 1. The lowest BCUT2D eigenvalue weighted by Gasteiger charge is -2.14. The van der Waals surface area contributed by atoms with Gasteiger partial charge in [0.2, 0.25) is 5.91 Å². The average Bonchev–Trinajstić information content (AvgIpc) is 3.26. The molecule has 4 aromatic rings. The number of nitrogens with zero attached hydrogens (tertiary/aromatic N) is 4. The Morgan fingerprint density at radius 2 is 1.55 bits per heavy atom. The molecule has 0 saturated heterocycles. The molecule has 2 aromatic carbocycles. The zero-order valence-electron chi connectivity index (χ0n) is 21.5. The lowest BCUT2D eigenvalue weighted by Crippen LogP contribution is -2.35. The van der Waals surface area contributed by atoms with Crippen molar-refractivity contribution in [1.82, 2.24) is 24.8 Å². The molecule has 2 aromatic heterocycles. The van der Waals surface area contributed by atoms with Crippen molar-refractivity contribution in [3.63, 3.8) is 0 Å². The van der Waals surface area contributed by atoms with Crippen LogP contribution in [0.2, 0.25) is 0 Å². The summed E-state index contributed by atoms with van der Waals surface area (Å²) in [6, 6.07) is 15.7. The van der Waals surface area contributed by atoms with Gasteiger partial charge in [-0.1, -0.05) is 48.5 Å². The van der Waals surface area contributed by atoms with E-state index in [0.717, 1.165) is 0 Å². The topological polar surface area (TPSA) is 138 Å². The van der Waals surface area contributed by atoms with Crippen LogP contribution >= 0.6 is 0 Å². The standard InChI is InChI=1S/C23H22F3N5O.C4H4O4/c1-30(2)14-18(32)27-12-13-31-20-16-10-6-7-11-17(16)28-21(23(24,25)26)19(20)29-22(31)15-8-4-3-5-9-15;5-3(6)1-2-4(7)8/h3-11H,12-14H2,1-2H3,(H,27,32);1-2H,(H,5,6)(H,7,8). The van der Waals surface area contributed by atoms with Crippen LogP contribution in [0, 0.1) is 0 Å². The summed E-state index contributed by atoms with van der Waals surface area (Å²) >= 11 is 0. The Morgan fingerprint density at radius 1 is 0.950 bits per heavy atom. The summed E-state index contributed by atoms with van der Waals surface area (Å²) < 4.78 is 43.4. The van der Waals surface area contributed by atoms with Gasteiger partial charge in [0.05, 0.1) is 17.6 Å². The fourth-order valence-corrected chi connectivity index (χ4v) is 3.85. The molecule has 210 valence electrons. The third-order valence-corrected chi connectivity index (χ3v) is 5.37. The van der Waals surface area contributed by atoms with Crippen molar-refractivity contribution >= 4 is 39.8 Å².